The first-order valence-electron chi connectivity index (χ1n) is 5.29. The fraction of sp³-hybridized carbons (Fsp3) is 0.500. The Morgan fingerprint density at radius 3 is 2.13 bits per heavy atom. The van der Waals surface area contributed by atoms with Crippen molar-refractivity contribution in [2.75, 3.05) is 5.33 Å². The van der Waals surface area contributed by atoms with Gasteiger partial charge in [-0.25, -0.2) is 0 Å². The molecule has 1 aromatic rings. The van der Waals surface area contributed by atoms with E-state index in [0.29, 0.717) is 0 Å². The fourth-order valence-corrected chi connectivity index (χ4v) is 2.36. The lowest BCUT2D eigenvalue weighted by Gasteiger charge is -2.22. The number of rotatable bonds is 4. The SMILES string of the molecule is C[SiH](C)Oc1ccc(C(C)(C)CBr)cc1. The summed E-state index contributed by atoms with van der Waals surface area (Å²) in [5, 5.41) is 0.971. The molecule has 0 unspecified atom stereocenters. The minimum atomic E-state index is -0.971. The summed E-state index contributed by atoms with van der Waals surface area (Å²) in [5.74, 6) is 1.01. The molecule has 0 aliphatic heterocycles. The average Bonchev–Trinajstić information content (AvgIpc) is 2.18. The topological polar surface area (TPSA) is 9.23 Å². The smallest absolute Gasteiger partial charge is 0.229 e. The van der Waals surface area contributed by atoms with Crippen molar-refractivity contribution in [3.8, 4) is 5.75 Å². The summed E-state index contributed by atoms with van der Waals surface area (Å²) in [6.45, 7) is 8.82. The maximum Gasteiger partial charge on any atom is 0.229 e. The van der Waals surface area contributed by atoms with E-state index in [1.54, 1.807) is 0 Å². The highest BCUT2D eigenvalue weighted by atomic mass is 79.9. The second-order valence-corrected chi connectivity index (χ2v) is 7.60. The van der Waals surface area contributed by atoms with E-state index in [4.69, 9.17) is 4.43 Å². The van der Waals surface area contributed by atoms with Gasteiger partial charge in [-0.1, -0.05) is 41.9 Å². The van der Waals surface area contributed by atoms with Crippen LogP contribution in [0.4, 0.5) is 0 Å². The van der Waals surface area contributed by atoms with Crippen LogP contribution < -0.4 is 4.43 Å². The molecule has 0 fully saturated rings. The van der Waals surface area contributed by atoms with Crippen molar-refractivity contribution in [1.82, 2.24) is 0 Å². The van der Waals surface area contributed by atoms with Gasteiger partial charge in [0.15, 0.2) is 0 Å². The molecular formula is C12H19BrOSi. The highest BCUT2D eigenvalue weighted by Gasteiger charge is 2.18. The van der Waals surface area contributed by atoms with Crippen LogP contribution in [0.25, 0.3) is 0 Å². The summed E-state index contributed by atoms with van der Waals surface area (Å²) in [7, 11) is -0.971. The number of hydrogen-bond donors (Lipinski definition) is 0. The lowest BCUT2D eigenvalue weighted by atomic mass is 9.87. The molecule has 0 atom stereocenters. The summed E-state index contributed by atoms with van der Waals surface area (Å²) >= 11 is 3.54. The molecule has 1 aromatic carbocycles. The minimum absolute atomic E-state index is 0.188. The van der Waals surface area contributed by atoms with Gasteiger partial charge in [0.25, 0.3) is 0 Å². The number of halogens is 1. The van der Waals surface area contributed by atoms with Gasteiger partial charge in [-0.15, -0.1) is 0 Å². The molecule has 0 spiro atoms. The molecule has 84 valence electrons. The minimum Gasteiger partial charge on any atom is -0.547 e. The van der Waals surface area contributed by atoms with Gasteiger partial charge in [0.1, 0.15) is 5.75 Å². The first-order valence-corrected chi connectivity index (χ1v) is 9.19. The van der Waals surface area contributed by atoms with Crippen molar-refractivity contribution in [1.29, 1.82) is 0 Å². The molecule has 0 aliphatic rings. The molecule has 0 saturated heterocycles. The predicted molar refractivity (Wildman–Crippen MR) is 72.8 cm³/mol. The fourth-order valence-electron chi connectivity index (χ4n) is 1.33. The average molecular weight is 287 g/mol. The largest absolute Gasteiger partial charge is 0.547 e. The van der Waals surface area contributed by atoms with Gasteiger partial charge < -0.3 is 4.43 Å². The zero-order valence-electron chi connectivity index (χ0n) is 9.88. The van der Waals surface area contributed by atoms with Gasteiger partial charge in [-0.05, 0) is 36.2 Å². The van der Waals surface area contributed by atoms with Crippen molar-refractivity contribution in [3.05, 3.63) is 29.8 Å². The lowest BCUT2D eigenvalue weighted by molar-refractivity contribution is 0.574. The molecule has 1 nitrogen and oxygen atoms in total. The predicted octanol–water partition coefficient (Wildman–Crippen LogP) is 3.72. The zero-order valence-corrected chi connectivity index (χ0v) is 12.6. The van der Waals surface area contributed by atoms with Gasteiger partial charge in [-0.2, -0.15) is 0 Å². The van der Waals surface area contributed by atoms with Gasteiger partial charge in [-0.3, -0.25) is 0 Å². The maximum absolute atomic E-state index is 5.74. The van der Waals surface area contributed by atoms with Crippen molar-refractivity contribution in [2.24, 2.45) is 0 Å². The van der Waals surface area contributed by atoms with Gasteiger partial charge in [0, 0.05) is 5.33 Å². The standard InChI is InChI=1S/C12H19BrOSi/c1-12(2,9-13)10-5-7-11(8-6-10)14-15(3)4/h5-8,15H,9H2,1-4H3. The molecule has 0 radical (unpaired) electrons. The van der Waals surface area contributed by atoms with E-state index >= 15 is 0 Å². The molecule has 15 heavy (non-hydrogen) atoms. The van der Waals surface area contributed by atoms with Crippen molar-refractivity contribution in [2.45, 2.75) is 32.4 Å². The number of hydrogen-bond acceptors (Lipinski definition) is 1. The molecule has 0 saturated carbocycles. The summed E-state index contributed by atoms with van der Waals surface area (Å²) in [6.07, 6.45) is 0. The summed E-state index contributed by atoms with van der Waals surface area (Å²) < 4.78 is 5.74. The van der Waals surface area contributed by atoms with E-state index in [0.717, 1.165) is 11.1 Å². The van der Waals surface area contributed by atoms with E-state index < -0.39 is 9.04 Å². The molecule has 0 bridgehead atoms. The van der Waals surface area contributed by atoms with Gasteiger partial charge in [0.2, 0.25) is 9.04 Å². The molecule has 0 heterocycles. The third kappa shape index (κ3) is 3.65. The number of alkyl halides is 1. The monoisotopic (exact) mass is 286 g/mol. The molecular weight excluding hydrogens is 268 g/mol. The lowest BCUT2D eigenvalue weighted by Crippen LogP contribution is -2.18. The Morgan fingerprint density at radius 1 is 1.20 bits per heavy atom. The summed E-state index contributed by atoms with van der Waals surface area (Å²) in [4.78, 5) is 0. The Bertz CT molecular complexity index is 306. The first kappa shape index (κ1) is 12.8. The van der Waals surface area contributed by atoms with Crippen LogP contribution >= 0.6 is 15.9 Å². The highest BCUT2D eigenvalue weighted by molar-refractivity contribution is 9.09. The van der Waals surface area contributed by atoms with Crippen molar-refractivity contribution >= 4 is 25.0 Å². The van der Waals surface area contributed by atoms with Crippen LogP contribution in [0.2, 0.25) is 13.1 Å². The third-order valence-corrected chi connectivity index (χ3v) is 4.49. The van der Waals surface area contributed by atoms with E-state index in [1.807, 2.05) is 0 Å². The van der Waals surface area contributed by atoms with E-state index in [2.05, 4.69) is 67.1 Å². The van der Waals surface area contributed by atoms with E-state index in [9.17, 15) is 0 Å². The Balaban J connectivity index is 2.81. The Morgan fingerprint density at radius 2 is 1.73 bits per heavy atom. The van der Waals surface area contributed by atoms with Crippen molar-refractivity contribution in [3.63, 3.8) is 0 Å². The zero-order chi connectivity index (χ0) is 11.5. The first-order chi connectivity index (χ1) is 6.95. The van der Waals surface area contributed by atoms with Gasteiger partial charge in [0.05, 0.1) is 0 Å². The molecule has 0 N–H and O–H groups in total. The maximum atomic E-state index is 5.74. The normalized spacial score (nSPS) is 11.9. The van der Waals surface area contributed by atoms with Crippen molar-refractivity contribution < 1.29 is 4.43 Å². The van der Waals surface area contributed by atoms with Crippen LogP contribution in [0, 0.1) is 0 Å². The van der Waals surface area contributed by atoms with Crippen LogP contribution in [0.3, 0.4) is 0 Å². The number of benzene rings is 1. The Kier molecular flexibility index (Phi) is 4.41. The molecule has 0 aromatic heterocycles. The molecule has 0 aliphatic carbocycles. The quantitative estimate of drug-likeness (QED) is 0.606. The highest BCUT2D eigenvalue weighted by Crippen LogP contribution is 2.26. The summed E-state index contributed by atoms with van der Waals surface area (Å²) in [6, 6.07) is 8.47. The van der Waals surface area contributed by atoms with Crippen LogP contribution in [-0.4, -0.2) is 14.4 Å². The molecule has 1 rings (SSSR count). The molecule has 0 amide bonds. The van der Waals surface area contributed by atoms with Crippen LogP contribution in [-0.2, 0) is 5.41 Å². The van der Waals surface area contributed by atoms with Crippen LogP contribution in [0.5, 0.6) is 5.75 Å². The second kappa shape index (κ2) is 5.17. The van der Waals surface area contributed by atoms with Gasteiger partial charge >= 0.3 is 0 Å². The Labute approximate surface area is 103 Å². The van der Waals surface area contributed by atoms with E-state index in [-0.39, 0.29) is 5.41 Å². The van der Waals surface area contributed by atoms with Crippen LogP contribution in [0.1, 0.15) is 19.4 Å². The third-order valence-electron chi connectivity index (χ3n) is 2.34. The van der Waals surface area contributed by atoms with E-state index in [1.165, 1.54) is 5.56 Å². The molecule has 3 heteroatoms. The summed E-state index contributed by atoms with van der Waals surface area (Å²) in [5.41, 5.74) is 1.53. The second-order valence-electron chi connectivity index (χ2n) is 4.71. The van der Waals surface area contributed by atoms with Crippen LogP contribution in [0.15, 0.2) is 24.3 Å². The Hall–Kier alpha value is -0.283.